The Morgan fingerprint density at radius 3 is 2.68 bits per heavy atom. The molecule has 2 saturated heterocycles. The van der Waals surface area contributed by atoms with Gasteiger partial charge in [-0.25, -0.2) is 9.97 Å². The molecule has 0 radical (unpaired) electrons. The first-order valence-electron chi connectivity index (χ1n) is 9.71. The van der Waals surface area contributed by atoms with E-state index >= 15 is 0 Å². The summed E-state index contributed by atoms with van der Waals surface area (Å²) in [5.41, 5.74) is 2.62. The van der Waals surface area contributed by atoms with Crippen LogP contribution in [0.2, 0.25) is 0 Å². The van der Waals surface area contributed by atoms with Crippen LogP contribution in [0.25, 0.3) is 21.9 Å². The van der Waals surface area contributed by atoms with Crippen molar-refractivity contribution in [1.82, 2.24) is 24.8 Å². The van der Waals surface area contributed by atoms with Crippen LogP contribution in [0.4, 0.5) is 5.82 Å². The standard InChI is InChI=1S/C21H20N6O/c28-21(14-2-1-13-5-7-22-18(13)9-14)27-15-3-4-16(27)11-26(10-15)20-17-6-8-23-19(17)24-12-25-20/h1-2,5-9,12,15-16,22H,3-4,10-11H2,(H,23,24,25). The number of hydrogen-bond donors (Lipinski definition) is 2. The Balaban J connectivity index is 1.30. The van der Waals surface area contributed by atoms with Crippen LogP contribution in [0.1, 0.15) is 23.2 Å². The number of nitrogens with one attached hydrogen (secondary N) is 2. The topological polar surface area (TPSA) is 80.9 Å². The molecule has 2 fully saturated rings. The van der Waals surface area contributed by atoms with Gasteiger partial charge < -0.3 is 19.8 Å². The smallest absolute Gasteiger partial charge is 0.254 e. The highest BCUT2D eigenvalue weighted by Gasteiger charge is 2.43. The summed E-state index contributed by atoms with van der Waals surface area (Å²) in [5.74, 6) is 1.10. The molecule has 2 atom stereocenters. The summed E-state index contributed by atoms with van der Waals surface area (Å²) in [6.45, 7) is 1.62. The van der Waals surface area contributed by atoms with Crippen molar-refractivity contribution >= 4 is 33.7 Å². The quantitative estimate of drug-likeness (QED) is 0.567. The predicted octanol–water partition coefficient (Wildman–Crippen LogP) is 2.93. The fourth-order valence-electron chi connectivity index (χ4n) is 4.85. The Labute approximate surface area is 161 Å². The molecule has 5 heterocycles. The van der Waals surface area contributed by atoms with E-state index < -0.39 is 0 Å². The second-order valence-electron chi connectivity index (χ2n) is 7.72. The first kappa shape index (κ1) is 15.7. The molecule has 4 aromatic rings. The molecule has 28 heavy (non-hydrogen) atoms. The maximum Gasteiger partial charge on any atom is 0.254 e. The number of aromatic amines is 2. The molecule has 0 saturated carbocycles. The summed E-state index contributed by atoms with van der Waals surface area (Å²) < 4.78 is 0. The third-order valence-electron chi connectivity index (χ3n) is 6.15. The van der Waals surface area contributed by atoms with E-state index in [0.717, 1.165) is 59.2 Å². The molecule has 7 heteroatoms. The van der Waals surface area contributed by atoms with Gasteiger partial charge in [-0.15, -0.1) is 0 Å². The van der Waals surface area contributed by atoms with Gasteiger partial charge in [-0.1, -0.05) is 6.07 Å². The Morgan fingerprint density at radius 1 is 1.00 bits per heavy atom. The Morgan fingerprint density at radius 2 is 1.82 bits per heavy atom. The lowest BCUT2D eigenvalue weighted by molar-refractivity contribution is 0.0641. The summed E-state index contributed by atoms with van der Waals surface area (Å²) in [7, 11) is 0. The number of carbonyl (C=O) groups is 1. The van der Waals surface area contributed by atoms with Crippen LogP contribution in [0.5, 0.6) is 0 Å². The zero-order chi connectivity index (χ0) is 18.7. The summed E-state index contributed by atoms with van der Waals surface area (Å²) in [4.78, 5) is 32.9. The average molecular weight is 372 g/mol. The van der Waals surface area contributed by atoms with E-state index in [4.69, 9.17) is 0 Å². The number of piperazine rings is 1. The molecule has 7 nitrogen and oxygen atoms in total. The first-order valence-corrected chi connectivity index (χ1v) is 9.71. The maximum atomic E-state index is 13.3. The van der Waals surface area contributed by atoms with Crippen LogP contribution < -0.4 is 4.90 Å². The molecule has 1 amide bonds. The van der Waals surface area contributed by atoms with Crippen molar-refractivity contribution in [3.63, 3.8) is 0 Å². The molecular weight excluding hydrogens is 352 g/mol. The van der Waals surface area contributed by atoms with Gasteiger partial charge in [0.15, 0.2) is 0 Å². The van der Waals surface area contributed by atoms with Crippen molar-refractivity contribution in [2.45, 2.75) is 24.9 Å². The maximum absolute atomic E-state index is 13.3. The SMILES string of the molecule is O=C(c1ccc2cc[nH]c2c1)N1C2CCC1CN(c1ncnc3[nH]ccc13)C2. The average Bonchev–Trinajstić information content (AvgIpc) is 3.44. The van der Waals surface area contributed by atoms with E-state index in [1.165, 1.54) is 0 Å². The molecule has 2 bridgehead atoms. The second-order valence-corrected chi connectivity index (χ2v) is 7.72. The first-order chi connectivity index (χ1) is 13.8. The number of aromatic nitrogens is 4. The molecule has 3 aromatic heterocycles. The summed E-state index contributed by atoms with van der Waals surface area (Å²) in [5, 5.41) is 2.17. The lowest BCUT2D eigenvalue weighted by Gasteiger charge is -2.41. The summed E-state index contributed by atoms with van der Waals surface area (Å²) in [6, 6.07) is 10.4. The van der Waals surface area contributed by atoms with Gasteiger partial charge in [-0.2, -0.15) is 0 Å². The monoisotopic (exact) mass is 372 g/mol. The molecule has 6 rings (SSSR count). The molecule has 0 aliphatic carbocycles. The number of fused-ring (bicyclic) bond motifs is 4. The van der Waals surface area contributed by atoms with Crippen LogP contribution in [-0.2, 0) is 0 Å². The molecule has 2 aliphatic rings. The Hall–Kier alpha value is -3.35. The van der Waals surface area contributed by atoms with Gasteiger partial charge in [-0.05, 0) is 42.5 Å². The summed E-state index contributed by atoms with van der Waals surface area (Å²) >= 11 is 0. The van der Waals surface area contributed by atoms with Crippen LogP contribution in [0.15, 0.2) is 49.1 Å². The fraction of sp³-hybridized carbons (Fsp3) is 0.286. The minimum Gasteiger partial charge on any atom is -0.361 e. The number of nitrogens with zero attached hydrogens (tertiary/aromatic N) is 4. The van der Waals surface area contributed by atoms with E-state index in [1.807, 2.05) is 42.7 Å². The molecular formula is C21H20N6O. The van der Waals surface area contributed by atoms with Gasteiger partial charge in [0.25, 0.3) is 5.91 Å². The van der Waals surface area contributed by atoms with Crippen molar-refractivity contribution in [2.24, 2.45) is 0 Å². The van der Waals surface area contributed by atoms with Gasteiger partial charge in [0.2, 0.25) is 0 Å². The van der Waals surface area contributed by atoms with Gasteiger partial charge in [0.05, 0.1) is 17.5 Å². The van der Waals surface area contributed by atoms with Gasteiger partial charge in [0, 0.05) is 36.6 Å². The summed E-state index contributed by atoms with van der Waals surface area (Å²) in [6.07, 6.45) is 7.50. The van der Waals surface area contributed by atoms with E-state index in [0.29, 0.717) is 0 Å². The normalized spacial score (nSPS) is 21.7. The third kappa shape index (κ3) is 2.25. The molecule has 2 aliphatic heterocycles. The zero-order valence-corrected chi connectivity index (χ0v) is 15.3. The fourth-order valence-corrected chi connectivity index (χ4v) is 4.85. The minimum absolute atomic E-state index is 0.137. The number of rotatable bonds is 2. The third-order valence-corrected chi connectivity index (χ3v) is 6.15. The number of hydrogen-bond acceptors (Lipinski definition) is 4. The van der Waals surface area contributed by atoms with Gasteiger partial charge >= 0.3 is 0 Å². The van der Waals surface area contributed by atoms with Gasteiger partial charge in [-0.3, -0.25) is 4.79 Å². The van der Waals surface area contributed by atoms with Crippen LogP contribution in [-0.4, -0.2) is 55.9 Å². The molecule has 2 N–H and O–H groups in total. The largest absolute Gasteiger partial charge is 0.361 e. The van der Waals surface area contributed by atoms with E-state index in [9.17, 15) is 4.79 Å². The van der Waals surface area contributed by atoms with E-state index in [-0.39, 0.29) is 18.0 Å². The molecule has 140 valence electrons. The van der Waals surface area contributed by atoms with Crippen molar-refractivity contribution in [3.8, 4) is 0 Å². The van der Waals surface area contributed by atoms with Gasteiger partial charge in [0.1, 0.15) is 17.8 Å². The van der Waals surface area contributed by atoms with E-state index in [2.05, 4.69) is 29.7 Å². The molecule has 1 aromatic carbocycles. The number of amides is 1. The number of benzene rings is 1. The van der Waals surface area contributed by atoms with Crippen LogP contribution in [0.3, 0.4) is 0 Å². The second kappa shape index (κ2) is 5.82. The van der Waals surface area contributed by atoms with Crippen LogP contribution in [0, 0.1) is 0 Å². The van der Waals surface area contributed by atoms with E-state index in [1.54, 1.807) is 6.33 Å². The number of carbonyl (C=O) groups excluding carboxylic acids is 1. The highest BCUT2D eigenvalue weighted by atomic mass is 16.2. The van der Waals surface area contributed by atoms with Crippen molar-refractivity contribution in [1.29, 1.82) is 0 Å². The minimum atomic E-state index is 0.137. The predicted molar refractivity (Wildman–Crippen MR) is 107 cm³/mol. The van der Waals surface area contributed by atoms with Crippen molar-refractivity contribution < 1.29 is 4.79 Å². The van der Waals surface area contributed by atoms with Crippen molar-refractivity contribution in [3.05, 3.63) is 54.6 Å². The lowest BCUT2D eigenvalue weighted by Crippen LogP contribution is -2.56. The molecule has 0 spiro atoms. The Kier molecular flexibility index (Phi) is 3.26. The zero-order valence-electron chi connectivity index (χ0n) is 15.3. The lowest BCUT2D eigenvalue weighted by atomic mass is 10.1. The Bertz CT molecular complexity index is 1180. The molecule has 2 unspecified atom stereocenters. The number of anilines is 1. The number of H-pyrrole nitrogens is 2. The highest BCUT2D eigenvalue weighted by molar-refractivity contribution is 5.98. The van der Waals surface area contributed by atoms with Crippen LogP contribution >= 0.6 is 0 Å². The van der Waals surface area contributed by atoms with Crippen molar-refractivity contribution in [2.75, 3.05) is 18.0 Å². The highest BCUT2D eigenvalue weighted by Crippen LogP contribution is 2.35.